The summed E-state index contributed by atoms with van der Waals surface area (Å²) < 4.78 is 0. The summed E-state index contributed by atoms with van der Waals surface area (Å²) in [6, 6.07) is 7.81. The molecule has 1 N–H and O–H groups in total. The Bertz CT molecular complexity index is 648. The number of nitrogens with zero attached hydrogens (tertiary/aromatic N) is 2. The first-order valence-electron chi connectivity index (χ1n) is 9.64. The van der Waals surface area contributed by atoms with Crippen LogP contribution in [0.1, 0.15) is 44.2 Å². The van der Waals surface area contributed by atoms with Crippen molar-refractivity contribution in [1.82, 2.24) is 15.1 Å². The smallest absolute Gasteiger partial charge is 0.226 e. The second kappa shape index (κ2) is 10.3. The van der Waals surface area contributed by atoms with Crippen LogP contribution >= 0.6 is 24.0 Å². The Kier molecular flexibility index (Phi) is 8.39. The van der Waals surface area contributed by atoms with Crippen molar-refractivity contribution in [3.05, 3.63) is 34.9 Å². The summed E-state index contributed by atoms with van der Waals surface area (Å²) in [7, 11) is 0. The highest BCUT2D eigenvalue weighted by molar-refractivity contribution is 6.30. The van der Waals surface area contributed by atoms with Gasteiger partial charge in [-0.1, -0.05) is 30.7 Å². The van der Waals surface area contributed by atoms with E-state index in [1.807, 2.05) is 41.0 Å². The average Bonchev–Trinajstić information content (AvgIpc) is 2.68. The zero-order valence-electron chi connectivity index (χ0n) is 15.8. The first-order valence-corrected chi connectivity index (χ1v) is 10.0. The standard InChI is InChI=1S/C20H28ClN3O2.ClH/c1-2-4-19(25)23-10-7-15(8-11-23)20(26)24-12-9-22-14-18(24)16-5-3-6-17(21)13-16;/h3,5-6,13,15,18,22H,2,4,7-12,14H2,1H3;1H. The lowest BCUT2D eigenvalue weighted by atomic mass is 9.93. The SMILES string of the molecule is CCCC(=O)N1CCC(C(=O)N2CCNCC2c2cccc(Cl)c2)CC1.Cl. The van der Waals surface area contributed by atoms with Crippen LogP contribution < -0.4 is 5.32 Å². The minimum atomic E-state index is 0. The molecule has 2 aliphatic rings. The van der Waals surface area contributed by atoms with Gasteiger partial charge in [-0.05, 0) is 37.0 Å². The summed E-state index contributed by atoms with van der Waals surface area (Å²) in [6.07, 6.45) is 3.01. The Balaban J connectivity index is 0.00000261. The molecule has 2 saturated heterocycles. The third kappa shape index (κ3) is 5.37. The fourth-order valence-electron chi connectivity index (χ4n) is 3.96. The van der Waals surface area contributed by atoms with Gasteiger partial charge in [0.1, 0.15) is 0 Å². The molecule has 0 aromatic heterocycles. The van der Waals surface area contributed by atoms with E-state index in [-0.39, 0.29) is 36.2 Å². The summed E-state index contributed by atoms with van der Waals surface area (Å²) in [5, 5.41) is 4.08. The molecule has 2 fully saturated rings. The van der Waals surface area contributed by atoms with E-state index in [0.29, 0.717) is 31.1 Å². The normalized spacial score (nSPS) is 20.9. The Morgan fingerprint density at radius 2 is 1.96 bits per heavy atom. The molecule has 2 aliphatic heterocycles. The molecule has 5 nitrogen and oxygen atoms in total. The molecule has 3 rings (SSSR count). The van der Waals surface area contributed by atoms with Crippen LogP contribution in [0.2, 0.25) is 5.02 Å². The summed E-state index contributed by atoms with van der Waals surface area (Å²) in [5.41, 5.74) is 1.08. The molecule has 2 amide bonds. The topological polar surface area (TPSA) is 52.7 Å². The highest BCUT2D eigenvalue weighted by atomic mass is 35.5. The number of carbonyl (C=O) groups is 2. The minimum Gasteiger partial charge on any atom is -0.343 e. The number of piperidine rings is 1. The van der Waals surface area contributed by atoms with Gasteiger partial charge in [0.2, 0.25) is 11.8 Å². The molecule has 7 heteroatoms. The van der Waals surface area contributed by atoms with Crippen molar-refractivity contribution in [2.45, 2.75) is 38.6 Å². The third-order valence-corrected chi connectivity index (χ3v) is 5.66. The fraction of sp³-hybridized carbons (Fsp3) is 0.600. The Morgan fingerprint density at radius 1 is 1.22 bits per heavy atom. The van der Waals surface area contributed by atoms with Crippen LogP contribution in [-0.4, -0.2) is 54.3 Å². The van der Waals surface area contributed by atoms with E-state index in [9.17, 15) is 9.59 Å². The number of halogens is 2. The largest absolute Gasteiger partial charge is 0.343 e. The predicted molar refractivity (Wildman–Crippen MR) is 110 cm³/mol. The van der Waals surface area contributed by atoms with Gasteiger partial charge in [-0.25, -0.2) is 0 Å². The van der Waals surface area contributed by atoms with E-state index in [0.717, 1.165) is 37.9 Å². The molecule has 1 unspecified atom stereocenters. The van der Waals surface area contributed by atoms with Gasteiger partial charge < -0.3 is 15.1 Å². The number of hydrogen-bond donors (Lipinski definition) is 1. The molecule has 2 heterocycles. The van der Waals surface area contributed by atoms with Gasteiger partial charge >= 0.3 is 0 Å². The van der Waals surface area contributed by atoms with Crippen LogP contribution in [-0.2, 0) is 9.59 Å². The monoisotopic (exact) mass is 413 g/mol. The van der Waals surface area contributed by atoms with Crippen LogP contribution in [0.3, 0.4) is 0 Å². The highest BCUT2D eigenvalue weighted by Gasteiger charge is 2.34. The van der Waals surface area contributed by atoms with Gasteiger partial charge in [-0.15, -0.1) is 12.4 Å². The molecule has 1 atom stereocenters. The maximum absolute atomic E-state index is 13.2. The van der Waals surface area contributed by atoms with E-state index in [4.69, 9.17) is 11.6 Å². The molecule has 0 aliphatic carbocycles. The van der Waals surface area contributed by atoms with E-state index in [1.54, 1.807) is 0 Å². The lowest BCUT2D eigenvalue weighted by molar-refractivity contribution is -0.143. The van der Waals surface area contributed by atoms with Gasteiger partial charge in [-0.3, -0.25) is 9.59 Å². The van der Waals surface area contributed by atoms with Gasteiger partial charge in [-0.2, -0.15) is 0 Å². The zero-order valence-corrected chi connectivity index (χ0v) is 17.4. The number of piperazine rings is 1. The molecule has 0 spiro atoms. The molecule has 0 bridgehead atoms. The summed E-state index contributed by atoms with van der Waals surface area (Å²) >= 11 is 6.15. The first-order chi connectivity index (χ1) is 12.6. The maximum atomic E-state index is 13.2. The molecule has 27 heavy (non-hydrogen) atoms. The van der Waals surface area contributed by atoms with Crippen molar-refractivity contribution < 1.29 is 9.59 Å². The van der Waals surface area contributed by atoms with E-state index in [2.05, 4.69) is 5.32 Å². The maximum Gasteiger partial charge on any atom is 0.226 e. The highest BCUT2D eigenvalue weighted by Crippen LogP contribution is 2.29. The van der Waals surface area contributed by atoms with E-state index < -0.39 is 0 Å². The summed E-state index contributed by atoms with van der Waals surface area (Å²) in [6.45, 7) is 5.70. The van der Waals surface area contributed by atoms with Crippen molar-refractivity contribution in [2.75, 3.05) is 32.7 Å². The quantitative estimate of drug-likeness (QED) is 0.823. The number of carbonyl (C=O) groups excluding carboxylic acids is 2. The second-order valence-corrected chi connectivity index (χ2v) is 7.65. The van der Waals surface area contributed by atoms with Crippen LogP contribution in [0.4, 0.5) is 0 Å². The molecular formula is C20H29Cl2N3O2. The molecule has 0 radical (unpaired) electrons. The van der Waals surface area contributed by atoms with Gasteiger partial charge in [0.05, 0.1) is 6.04 Å². The Hall–Kier alpha value is -1.30. The van der Waals surface area contributed by atoms with Gasteiger partial charge in [0.15, 0.2) is 0 Å². The number of nitrogens with one attached hydrogen (secondary N) is 1. The van der Waals surface area contributed by atoms with Crippen molar-refractivity contribution >= 4 is 35.8 Å². The number of amides is 2. The minimum absolute atomic E-state index is 0. The molecule has 0 saturated carbocycles. The lowest BCUT2D eigenvalue weighted by Crippen LogP contribution is -2.52. The van der Waals surface area contributed by atoms with Crippen molar-refractivity contribution in [2.24, 2.45) is 5.92 Å². The Labute approximate surface area is 172 Å². The van der Waals surface area contributed by atoms with Crippen LogP contribution in [0, 0.1) is 5.92 Å². The van der Waals surface area contributed by atoms with E-state index >= 15 is 0 Å². The van der Waals surface area contributed by atoms with Crippen molar-refractivity contribution in [3.63, 3.8) is 0 Å². The molecule has 150 valence electrons. The average molecular weight is 414 g/mol. The van der Waals surface area contributed by atoms with Crippen molar-refractivity contribution in [1.29, 1.82) is 0 Å². The predicted octanol–water partition coefficient (Wildman–Crippen LogP) is 3.27. The summed E-state index contributed by atoms with van der Waals surface area (Å²) in [4.78, 5) is 29.2. The Morgan fingerprint density at radius 3 is 2.63 bits per heavy atom. The van der Waals surface area contributed by atoms with Crippen LogP contribution in [0.15, 0.2) is 24.3 Å². The number of rotatable bonds is 4. The third-order valence-electron chi connectivity index (χ3n) is 5.42. The molecule has 1 aromatic rings. The number of hydrogen-bond acceptors (Lipinski definition) is 3. The first kappa shape index (κ1) is 22.0. The van der Waals surface area contributed by atoms with Crippen LogP contribution in [0.5, 0.6) is 0 Å². The summed E-state index contributed by atoms with van der Waals surface area (Å²) in [5.74, 6) is 0.455. The van der Waals surface area contributed by atoms with Crippen LogP contribution in [0.25, 0.3) is 0 Å². The number of benzene rings is 1. The molecular weight excluding hydrogens is 385 g/mol. The molecule has 1 aromatic carbocycles. The second-order valence-electron chi connectivity index (χ2n) is 7.21. The lowest BCUT2D eigenvalue weighted by Gasteiger charge is -2.40. The van der Waals surface area contributed by atoms with Crippen molar-refractivity contribution in [3.8, 4) is 0 Å². The number of likely N-dealkylation sites (tertiary alicyclic amines) is 1. The van der Waals surface area contributed by atoms with Gasteiger partial charge in [0, 0.05) is 50.1 Å². The van der Waals surface area contributed by atoms with E-state index in [1.165, 1.54) is 0 Å². The fourth-order valence-corrected chi connectivity index (χ4v) is 4.16. The zero-order chi connectivity index (χ0) is 18.5. The van der Waals surface area contributed by atoms with Gasteiger partial charge in [0.25, 0.3) is 0 Å².